The first-order valence-corrected chi connectivity index (χ1v) is 6.63. The van der Waals surface area contributed by atoms with Crippen molar-refractivity contribution in [3.8, 4) is 0 Å². The highest BCUT2D eigenvalue weighted by atomic mass is 19.1. The van der Waals surface area contributed by atoms with Gasteiger partial charge in [-0.15, -0.1) is 0 Å². The van der Waals surface area contributed by atoms with E-state index in [0.717, 1.165) is 12.1 Å². The number of hydrogen-bond acceptors (Lipinski definition) is 2. The summed E-state index contributed by atoms with van der Waals surface area (Å²) in [5.41, 5.74) is 1.69. The summed E-state index contributed by atoms with van der Waals surface area (Å²) in [5, 5.41) is 3.44. The minimum Gasteiger partial charge on any atom is -0.302 e. The Morgan fingerprint density at radius 3 is 2.53 bits per heavy atom. The molecule has 2 unspecified atom stereocenters. The van der Waals surface area contributed by atoms with Crippen molar-refractivity contribution in [2.24, 2.45) is 0 Å². The zero-order valence-electron chi connectivity index (χ0n) is 11.3. The monoisotopic (exact) mass is 258 g/mol. The molecule has 1 aromatic carbocycles. The Bertz CT molecular complexity index is 513. The number of benzene rings is 1. The molecule has 0 aliphatic rings. The Labute approximate surface area is 113 Å². The van der Waals surface area contributed by atoms with Crippen LogP contribution in [0.5, 0.6) is 0 Å². The van der Waals surface area contributed by atoms with Gasteiger partial charge in [0.15, 0.2) is 0 Å². The Morgan fingerprint density at radius 1 is 1.16 bits per heavy atom. The lowest BCUT2D eigenvalue weighted by molar-refractivity contribution is 0.434. The van der Waals surface area contributed by atoms with Gasteiger partial charge in [-0.1, -0.05) is 31.2 Å². The normalized spacial score (nSPS) is 14.1. The van der Waals surface area contributed by atoms with Gasteiger partial charge in [0.2, 0.25) is 0 Å². The molecule has 1 heterocycles. The molecule has 2 rings (SSSR count). The molecule has 0 saturated heterocycles. The third-order valence-electron chi connectivity index (χ3n) is 3.27. The standard InChI is InChI=1S/C16H19FN2/c1-3-15(13-8-4-5-9-14(13)17)19-12(2)16-10-6-7-11-18-16/h4-12,15,19H,3H2,1-2H3. The van der Waals surface area contributed by atoms with Gasteiger partial charge in [0.05, 0.1) is 5.69 Å². The SMILES string of the molecule is CCC(NC(C)c1ccccn1)c1ccccc1F. The Morgan fingerprint density at radius 2 is 1.89 bits per heavy atom. The molecular formula is C16H19FN2. The molecule has 2 atom stereocenters. The number of aromatic nitrogens is 1. The summed E-state index contributed by atoms with van der Waals surface area (Å²) in [7, 11) is 0. The second-order valence-corrected chi connectivity index (χ2v) is 4.63. The summed E-state index contributed by atoms with van der Waals surface area (Å²) < 4.78 is 13.8. The van der Waals surface area contributed by atoms with E-state index in [9.17, 15) is 4.39 Å². The van der Waals surface area contributed by atoms with Gasteiger partial charge in [-0.25, -0.2) is 4.39 Å². The van der Waals surface area contributed by atoms with Crippen molar-refractivity contribution in [3.05, 3.63) is 65.7 Å². The molecule has 0 aliphatic carbocycles. The third kappa shape index (κ3) is 3.38. The van der Waals surface area contributed by atoms with Crippen LogP contribution in [0.3, 0.4) is 0 Å². The highest BCUT2D eigenvalue weighted by molar-refractivity contribution is 5.21. The molecular weight excluding hydrogens is 239 g/mol. The summed E-state index contributed by atoms with van der Waals surface area (Å²) in [6.45, 7) is 4.10. The second kappa shape index (κ2) is 6.43. The van der Waals surface area contributed by atoms with Gasteiger partial charge in [0.25, 0.3) is 0 Å². The minimum absolute atomic E-state index is 0.00166. The molecule has 0 fully saturated rings. The average Bonchev–Trinajstić information content (AvgIpc) is 2.46. The van der Waals surface area contributed by atoms with Crippen LogP contribution in [-0.2, 0) is 0 Å². The zero-order chi connectivity index (χ0) is 13.7. The summed E-state index contributed by atoms with van der Waals surface area (Å²) in [5.74, 6) is -0.157. The van der Waals surface area contributed by atoms with Crippen LogP contribution in [0, 0.1) is 5.82 Å². The fraction of sp³-hybridized carbons (Fsp3) is 0.312. The summed E-state index contributed by atoms with van der Waals surface area (Å²) in [4.78, 5) is 4.33. The van der Waals surface area contributed by atoms with Gasteiger partial charge < -0.3 is 5.32 Å². The van der Waals surface area contributed by atoms with E-state index in [1.807, 2.05) is 37.3 Å². The van der Waals surface area contributed by atoms with Crippen LogP contribution < -0.4 is 5.32 Å². The molecule has 100 valence electrons. The highest BCUT2D eigenvalue weighted by Gasteiger charge is 2.16. The van der Waals surface area contributed by atoms with Gasteiger partial charge in [0.1, 0.15) is 5.82 Å². The lowest BCUT2D eigenvalue weighted by Crippen LogP contribution is -2.25. The molecule has 2 nitrogen and oxygen atoms in total. The van der Waals surface area contributed by atoms with Crippen LogP contribution in [0.1, 0.15) is 43.6 Å². The fourth-order valence-electron chi connectivity index (χ4n) is 2.20. The molecule has 0 radical (unpaired) electrons. The van der Waals surface area contributed by atoms with Crippen molar-refractivity contribution in [2.45, 2.75) is 32.4 Å². The van der Waals surface area contributed by atoms with Crippen molar-refractivity contribution >= 4 is 0 Å². The number of nitrogens with zero attached hydrogens (tertiary/aromatic N) is 1. The average molecular weight is 258 g/mol. The van der Waals surface area contributed by atoms with Crippen molar-refractivity contribution < 1.29 is 4.39 Å². The van der Waals surface area contributed by atoms with E-state index in [2.05, 4.69) is 17.2 Å². The number of halogens is 1. The molecule has 0 bridgehead atoms. The number of rotatable bonds is 5. The molecule has 0 saturated carbocycles. The smallest absolute Gasteiger partial charge is 0.127 e. The Hall–Kier alpha value is -1.74. The van der Waals surface area contributed by atoms with Gasteiger partial charge in [-0.05, 0) is 31.5 Å². The van der Waals surface area contributed by atoms with E-state index in [1.54, 1.807) is 12.3 Å². The van der Waals surface area contributed by atoms with Gasteiger partial charge in [-0.2, -0.15) is 0 Å². The Kier molecular flexibility index (Phi) is 4.63. The van der Waals surface area contributed by atoms with Crippen molar-refractivity contribution in [1.29, 1.82) is 0 Å². The maximum absolute atomic E-state index is 13.8. The van der Waals surface area contributed by atoms with Crippen LogP contribution in [0.25, 0.3) is 0 Å². The number of hydrogen-bond donors (Lipinski definition) is 1. The number of nitrogens with one attached hydrogen (secondary N) is 1. The topological polar surface area (TPSA) is 24.9 Å². The summed E-state index contributed by atoms with van der Waals surface area (Å²) >= 11 is 0. The minimum atomic E-state index is -0.157. The fourth-order valence-corrected chi connectivity index (χ4v) is 2.20. The van der Waals surface area contributed by atoms with Crippen molar-refractivity contribution in [3.63, 3.8) is 0 Å². The van der Waals surface area contributed by atoms with Gasteiger partial charge in [-0.3, -0.25) is 4.98 Å². The predicted octanol–water partition coefficient (Wildman–Crippen LogP) is 4.02. The van der Waals surface area contributed by atoms with Crippen LogP contribution >= 0.6 is 0 Å². The van der Waals surface area contributed by atoms with Crippen molar-refractivity contribution in [1.82, 2.24) is 10.3 Å². The van der Waals surface area contributed by atoms with E-state index in [-0.39, 0.29) is 17.9 Å². The van der Waals surface area contributed by atoms with Crippen molar-refractivity contribution in [2.75, 3.05) is 0 Å². The largest absolute Gasteiger partial charge is 0.302 e. The predicted molar refractivity (Wildman–Crippen MR) is 75.2 cm³/mol. The molecule has 19 heavy (non-hydrogen) atoms. The lowest BCUT2D eigenvalue weighted by atomic mass is 10.0. The van der Waals surface area contributed by atoms with Crippen LogP contribution in [0.2, 0.25) is 0 Å². The molecule has 0 spiro atoms. The first kappa shape index (κ1) is 13.7. The summed E-state index contributed by atoms with van der Waals surface area (Å²) in [6, 6.07) is 12.8. The Balaban J connectivity index is 2.14. The third-order valence-corrected chi connectivity index (χ3v) is 3.27. The molecule has 0 amide bonds. The maximum Gasteiger partial charge on any atom is 0.127 e. The van der Waals surface area contributed by atoms with Crippen LogP contribution in [0.15, 0.2) is 48.7 Å². The molecule has 2 aromatic rings. The van der Waals surface area contributed by atoms with E-state index < -0.39 is 0 Å². The molecule has 1 aromatic heterocycles. The van der Waals surface area contributed by atoms with E-state index in [0.29, 0.717) is 5.56 Å². The second-order valence-electron chi connectivity index (χ2n) is 4.63. The van der Waals surface area contributed by atoms with Gasteiger partial charge >= 0.3 is 0 Å². The first-order valence-electron chi connectivity index (χ1n) is 6.63. The maximum atomic E-state index is 13.8. The van der Waals surface area contributed by atoms with E-state index >= 15 is 0 Å². The first-order chi connectivity index (χ1) is 9.22. The molecule has 3 heteroatoms. The molecule has 0 aliphatic heterocycles. The van der Waals surface area contributed by atoms with Gasteiger partial charge in [0, 0.05) is 23.8 Å². The molecule has 1 N–H and O–H groups in total. The zero-order valence-corrected chi connectivity index (χ0v) is 11.3. The van der Waals surface area contributed by atoms with E-state index in [1.165, 1.54) is 6.07 Å². The number of pyridine rings is 1. The summed E-state index contributed by atoms with van der Waals surface area (Å²) in [6.07, 6.45) is 2.61. The van der Waals surface area contributed by atoms with E-state index in [4.69, 9.17) is 0 Å². The quantitative estimate of drug-likeness (QED) is 0.876. The highest BCUT2D eigenvalue weighted by Crippen LogP contribution is 2.23. The van der Waals surface area contributed by atoms with Crippen LogP contribution in [-0.4, -0.2) is 4.98 Å². The lowest BCUT2D eigenvalue weighted by Gasteiger charge is -2.22. The van der Waals surface area contributed by atoms with Crippen LogP contribution in [0.4, 0.5) is 4.39 Å².